The summed E-state index contributed by atoms with van der Waals surface area (Å²) in [4.78, 5) is 10.7. The molecule has 2 heterocycles. The molecular formula is C61H42N2O. The molecule has 12 rings (SSSR count). The lowest BCUT2D eigenvalue weighted by molar-refractivity contribution is 0.660. The highest BCUT2D eigenvalue weighted by atomic mass is 16.3. The average Bonchev–Trinajstić information content (AvgIpc) is 3.86. The molecule has 0 radical (unpaired) electrons. The molecule has 0 N–H and O–H groups in total. The fraction of sp³-hybridized carbons (Fsp3) is 0.0492. The van der Waals surface area contributed by atoms with Crippen LogP contribution in [0.5, 0.6) is 0 Å². The van der Waals surface area contributed by atoms with Crippen LogP contribution in [0.2, 0.25) is 0 Å². The summed E-state index contributed by atoms with van der Waals surface area (Å²) in [5.41, 5.74) is 20.7. The van der Waals surface area contributed by atoms with Crippen LogP contribution in [0, 0.1) is 0 Å². The van der Waals surface area contributed by atoms with E-state index in [0.717, 1.165) is 77.8 Å². The van der Waals surface area contributed by atoms with Gasteiger partial charge < -0.3 is 4.42 Å². The van der Waals surface area contributed by atoms with E-state index in [0.29, 0.717) is 5.82 Å². The van der Waals surface area contributed by atoms with Gasteiger partial charge in [0.25, 0.3) is 0 Å². The van der Waals surface area contributed by atoms with Gasteiger partial charge in [-0.2, -0.15) is 0 Å². The van der Waals surface area contributed by atoms with Crippen LogP contribution < -0.4 is 0 Å². The van der Waals surface area contributed by atoms with Crippen LogP contribution in [0.3, 0.4) is 0 Å². The Morgan fingerprint density at radius 1 is 0.344 bits per heavy atom. The minimum atomic E-state index is -0.0844. The number of hydrogen-bond acceptors (Lipinski definition) is 3. The molecule has 0 atom stereocenters. The largest absolute Gasteiger partial charge is 0.455 e. The minimum Gasteiger partial charge on any atom is -0.455 e. The number of hydrogen-bond donors (Lipinski definition) is 0. The molecule has 11 aromatic rings. The molecule has 0 bridgehead atoms. The van der Waals surface area contributed by atoms with Gasteiger partial charge >= 0.3 is 0 Å². The van der Waals surface area contributed by atoms with E-state index in [4.69, 9.17) is 14.4 Å². The third kappa shape index (κ3) is 6.36. The molecule has 0 fully saturated rings. The lowest BCUT2D eigenvalue weighted by atomic mass is 9.82. The molecule has 1 aliphatic carbocycles. The van der Waals surface area contributed by atoms with Crippen molar-refractivity contribution in [2.75, 3.05) is 0 Å². The fourth-order valence-corrected chi connectivity index (χ4v) is 9.86. The number of para-hydroxylation sites is 2. The molecule has 9 aromatic carbocycles. The molecule has 64 heavy (non-hydrogen) atoms. The predicted octanol–water partition coefficient (Wildman–Crippen LogP) is 16.4. The van der Waals surface area contributed by atoms with E-state index < -0.39 is 0 Å². The van der Waals surface area contributed by atoms with E-state index >= 15 is 0 Å². The summed E-state index contributed by atoms with van der Waals surface area (Å²) in [6, 6.07) is 77.9. The van der Waals surface area contributed by atoms with Gasteiger partial charge in [0.1, 0.15) is 11.2 Å². The van der Waals surface area contributed by atoms with E-state index in [-0.39, 0.29) is 5.41 Å². The first-order valence-corrected chi connectivity index (χ1v) is 22.0. The highest BCUT2D eigenvalue weighted by Crippen LogP contribution is 2.52. The SMILES string of the molecule is CC1(C)c2ccccc2-c2c(-c3cccc(-c4cc(-c5cc(-c6ccc(-c7ccccc7)cc6)cc(-c6cccc7c6oc6ccccc67)c5)nc(-c5ccccc5)n4)c3)cccc21. The zero-order chi connectivity index (χ0) is 42.8. The Morgan fingerprint density at radius 3 is 1.67 bits per heavy atom. The van der Waals surface area contributed by atoms with Crippen molar-refractivity contribution in [1.82, 2.24) is 9.97 Å². The number of aromatic nitrogens is 2. The molecule has 0 saturated carbocycles. The van der Waals surface area contributed by atoms with Crippen molar-refractivity contribution < 1.29 is 4.42 Å². The predicted molar refractivity (Wildman–Crippen MR) is 265 cm³/mol. The van der Waals surface area contributed by atoms with Crippen molar-refractivity contribution in [3.63, 3.8) is 0 Å². The lowest BCUT2D eigenvalue weighted by Crippen LogP contribution is -2.14. The summed E-state index contributed by atoms with van der Waals surface area (Å²) in [5.74, 6) is 0.674. The third-order valence-electron chi connectivity index (χ3n) is 13.1. The first-order chi connectivity index (χ1) is 31.5. The quantitative estimate of drug-likeness (QED) is 0.161. The summed E-state index contributed by atoms with van der Waals surface area (Å²) in [6.45, 7) is 4.67. The van der Waals surface area contributed by atoms with Crippen LogP contribution in [0.1, 0.15) is 25.0 Å². The van der Waals surface area contributed by atoms with E-state index in [9.17, 15) is 0 Å². The highest BCUT2D eigenvalue weighted by molar-refractivity contribution is 6.10. The van der Waals surface area contributed by atoms with Crippen LogP contribution >= 0.6 is 0 Å². The van der Waals surface area contributed by atoms with Crippen molar-refractivity contribution in [3.05, 3.63) is 230 Å². The number of fused-ring (bicyclic) bond motifs is 6. The Morgan fingerprint density at radius 2 is 0.859 bits per heavy atom. The zero-order valence-corrected chi connectivity index (χ0v) is 35.6. The Bertz CT molecular complexity index is 3560. The lowest BCUT2D eigenvalue weighted by Gasteiger charge is -2.21. The van der Waals surface area contributed by atoms with Crippen LogP contribution in [-0.4, -0.2) is 9.97 Å². The first-order valence-electron chi connectivity index (χ1n) is 22.0. The standard InChI is InChI=1S/C61H42N2O/c1-61(2)53-27-11-9-23-52(53)58-48(24-15-28-54(58)61)43-20-13-21-44(34-43)55-38-56(63-60(62-55)42-18-7-4-8-19-42)47-36-45(41-32-30-40(31-33-41)39-16-5-3-6-17-39)35-46(37-47)49-25-14-26-51-50-22-10-12-29-57(50)64-59(49)51/h3-38H,1-2H3. The summed E-state index contributed by atoms with van der Waals surface area (Å²) in [7, 11) is 0. The van der Waals surface area contributed by atoms with Gasteiger partial charge in [-0.15, -0.1) is 0 Å². The van der Waals surface area contributed by atoms with Gasteiger partial charge in [-0.05, 0) is 97.6 Å². The highest BCUT2D eigenvalue weighted by Gasteiger charge is 2.36. The summed E-state index contributed by atoms with van der Waals surface area (Å²) in [6.07, 6.45) is 0. The third-order valence-corrected chi connectivity index (χ3v) is 13.1. The molecule has 0 spiro atoms. The maximum atomic E-state index is 6.63. The van der Waals surface area contributed by atoms with E-state index in [2.05, 4.69) is 202 Å². The summed E-state index contributed by atoms with van der Waals surface area (Å²) in [5, 5.41) is 2.20. The average molecular weight is 819 g/mol. The van der Waals surface area contributed by atoms with Gasteiger partial charge in [-0.3, -0.25) is 0 Å². The van der Waals surface area contributed by atoms with Gasteiger partial charge in [-0.1, -0.05) is 196 Å². The van der Waals surface area contributed by atoms with Crippen LogP contribution in [-0.2, 0) is 5.41 Å². The van der Waals surface area contributed by atoms with Gasteiger partial charge in [-0.25, -0.2) is 9.97 Å². The number of furan rings is 1. The number of rotatable bonds is 7. The second-order valence-electron chi connectivity index (χ2n) is 17.3. The molecule has 0 aliphatic heterocycles. The Kier molecular flexibility index (Phi) is 8.84. The monoisotopic (exact) mass is 818 g/mol. The van der Waals surface area contributed by atoms with Crippen molar-refractivity contribution in [2.45, 2.75) is 19.3 Å². The number of benzene rings is 9. The van der Waals surface area contributed by atoms with E-state index in [1.165, 1.54) is 38.9 Å². The summed E-state index contributed by atoms with van der Waals surface area (Å²) >= 11 is 0. The van der Waals surface area contributed by atoms with Crippen molar-refractivity contribution in [1.29, 1.82) is 0 Å². The molecule has 0 saturated heterocycles. The van der Waals surface area contributed by atoms with Crippen LogP contribution in [0.25, 0.3) is 111 Å². The zero-order valence-electron chi connectivity index (χ0n) is 35.6. The van der Waals surface area contributed by atoms with Gasteiger partial charge in [0.05, 0.1) is 11.4 Å². The Balaban J connectivity index is 1.04. The number of nitrogens with zero attached hydrogens (tertiary/aromatic N) is 2. The van der Waals surface area contributed by atoms with E-state index in [1.807, 2.05) is 30.3 Å². The van der Waals surface area contributed by atoms with Crippen molar-refractivity contribution in [3.8, 4) is 89.5 Å². The van der Waals surface area contributed by atoms with Gasteiger partial charge in [0, 0.05) is 38.4 Å². The van der Waals surface area contributed by atoms with Gasteiger partial charge in [0.15, 0.2) is 5.82 Å². The maximum Gasteiger partial charge on any atom is 0.160 e. The molecule has 2 aromatic heterocycles. The Labute approximate surface area is 373 Å². The Hall–Kier alpha value is -8.14. The maximum absolute atomic E-state index is 6.63. The normalized spacial score (nSPS) is 12.7. The molecule has 1 aliphatic rings. The topological polar surface area (TPSA) is 38.9 Å². The molecular weight excluding hydrogens is 777 g/mol. The van der Waals surface area contributed by atoms with E-state index in [1.54, 1.807) is 0 Å². The van der Waals surface area contributed by atoms with Crippen LogP contribution in [0.15, 0.2) is 223 Å². The van der Waals surface area contributed by atoms with Crippen molar-refractivity contribution in [2.24, 2.45) is 0 Å². The van der Waals surface area contributed by atoms with Crippen molar-refractivity contribution >= 4 is 21.9 Å². The molecule has 0 unspecified atom stereocenters. The molecule has 3 heteroatoms. The molecule has 3 nitrogen and oxygen atoms in total. The fourth-order valence-electron chi connectivity index (χ4n) is 9.86. The smallest absolute Gasteiger partial charge is 0.160 e. The second kappa shape index (κ2) is 15.0. The minimum absolute atomic E-state index is 0.0844. The molecule has 302 valence electrons. The summed E-state index contributed by atoms with van der Waals surface area (Å²) < 4.78 is 6.63. The van der Waals surface area contributed by atoms with Crippen LogP contribution in [0.4, 0.5) is 0 Å². The first kappa shape index (κ1) is 37.6. The van der Waals surface area contributed by atoms with Gasteiger partial charge in [0.2, 0.25) is 0 Å². The second-order valence-corrected chi connectivity index (χ2v) is 17.3. The molecule has 0 amide bonds.